The van der Waals surface area contributed by atoms with Crippen molar-refractivity contribution in [2.75, 3.05) is 18.5 Å². The molecule has 2 N–H and O–H groups in total. The van der Waals surface area contributed by atoms with Gasteiger partial charge >= 0.3 is 12.1 Å². The Bertz CT molecular complexity index is 503. The Hall–Kier alpha value is -1.77. The van der Waals surface area contributed by atoms with Crippen LogP contribution in [-0.2, 0) is 16.6 Å². The zero-order chi connectivity index (χ0) is 15.7. The molecule has 118 valence electrons. The lowest BCUT2D eigenvalue weighted by Crippen LogP contribution is -2.56. The fourth-order valence-electron chi connectivity index (χ4n) is 2.45. The van der Waals surface area contributed by atoms with Gasteiger partial charge in [-0.05, 0) is 12.8 Å². The summed E-state index contributed by atoms with van der Waals surface area (Å²) in [7, 11) is 1.94. The average Bonchev–Trinajstić information content (AvgIpc) is 2.65. The molecule has 1 aromatic heterocycles. The normalized spacial score (nSPS) is 20.0. The van der Waals surface area contributed by atoms with E-state index in [0.717, 1.165) is 18.9 Å². The number of nitrogens with one attached hydrogen (secondary N) is 1. The Labute approximate surface area is 118 Å². The number of halogens is 3. The molecule has 0 atom stereocenters. The van der Waals surface area contributed by atoms with Crippen molar-refractivity contribution in [3.05, 3.63) is 12.4 Å². The van der Waals surface area contributed by atoms with E-state index in [2.05, 4.69) is 10.4 Å². The van der Waals surface area contributed by atoms with Crippen LogP contribution in [0.1, 0.15) is 12.8 Å². The first-order valence-corrected chi connectivity index (χ1v) is 6.33. The van der Waals surface area contributed by atoms with E-state index >= 15 is 0 Å². The lowest BCUT2D eigenvalue weighted by Gasteiger charge is -2.53. The molecule has 9 heteroatoms. The van der Waals surface area contributed by atoms with Crippen LogP contribution in [-0.4, -0.2) is 46.3 Å². The van der Waals surface area contributed by atoms with Crippen molar-refractivity contribution in [3.8, 4) is 0 Å². The van der Waals surface area contributed by atoms with Gasteiger partial charge in [0, 0.05) is 24.7 Å². The largest absolute Gasteiger partial charge is 0.490 e. The predicted molar refractivity (Wildman–Crippen MR) is 66.8 cm³/mol. The van der Waals surface area contributed by atoms with Crippen molar-refractivity contribution in [2.24, 2.45) is 12.5 Å². The molecule has 1 saturated heterocycles. The van der Waals surface area contributed by atoms with Crippen LogP contribution in [0.2, 0.25) is 0 Å². The minimum Gasteiger partial charge on any atom is -0.475 e. The zero-order valence-electron chi connectivity index (χ0n) is 11.4. The van der Waals surface area contributed by atoms with Crippen molar-refractivity contribution >= 4 is 11.7 Å². The Morgan fingerprint density at radius 2 is 2.10 bits per heavy atom. The summed E-state index contributed by atoms with van der Waals surface area (Å²) < 4.78 is 38.8. The van der Waals surface area contributed by atoms with E-state index in [0.29, 0.717) is 11.5 Å². The second-order valence-electron chi connectivity index (χ2n) is 5.45. The Kier molecular flexibility index (Phi) is 4.13. The van der Waals surface area contributed by atoms with Crippen molar-refractivity contribution in [3.63, 3.8) is 0 Å². The van der Waals surface area contributed by atoms with Gasteiger partial charge in [-0.1, -0.05) is 0 Å². The maximum absolute atomic E-state index is 10.6. The first-order valence-electron chi connectivity index (χ1n) is 6.33. The highest BCUT2D eigenvalue weighted by molar-refractivity contribution is 5.73. The summed E-state index contributed by atoms with van der Waals surface area (Å²) >= 11 is 0. The van der Waals surface area contributed by atoms with Crippen LogP contribution in [0.15, 0.2) is 12.4 Å². The van der Waals surface area contributed by atoms with Crippen molar-refractivity contribution < 1.29 is 27.8 Å². The third-order valence-electron chi connectivity index (χ3n) is 3.49. The summed E-state index contributed by atoms with van der Waals surface area (Å²) in [5, 5.41) is 14.7. The van der Waals surface area contributed by atoms with Gasteiger partial charge in [0.2, 0.25) is 0 Å². The average molecular weight is 307 g/mol. The summed E-state index contributed by atoms with van der Waals surface area (Å²) in [5.41, 5.74) is 1.67. The molecule has 0 amide bonds. The number of nitrogens with zero attached hydrogens (tertiary/aromatic N) is 2. The molecule has 0 aromatic carbocycles. The molecule has 2 fully saturated rings. The van der Waals surface area contributed by atoms with E-state index in [1.54, 1.807) is 0 Å². The van der Waals surface area contributed by atoms with Gasteiger partial charge in [0.1, 0.15) is 0 Å². The Morgan fingerprint density at radius 1 is 1.52 bits per heavy atom. The zero-order valence-corrected chi connectivity index (χ0v) is 11.4. The minimum atomic E-state index is -5.08. The predicted octanol–water partition coefficient (Wildman–Crippen LogP) is 1.64. The Morgan fingerprint density at radius 3 is 2.43 bits per heavy atom. The first-order chi connectivity index (χ1) is 9.70. The van der Waals surface area contributed by atoms with Crippen molar-refractivity contribution in [1.82, 2.24) is 9.78 Å². The number of carboxylic acid groups (broad SMARTS) is 1. The van der Waals surface area contributed by atoms with Gasteiger partial charge in [0.15, 0.2) is 0 Å². The van der Waals surface area contributed by atoms with Crippen LogP contribution in [0, 0.1) is 5.41 Å². The van der Waals surface area contributed by atoms with E-state index in [1.165, 1.54) is 12.8 Å². The molecule has 1 aliphatic carbocycles. The smallest absolute Gasteiger partial charge is 0.475 e. The van der Waals surface area contributed by atoms with Gasteiger partial charge in [0.05, 0.1) is 25.1 Å². The van der Waals surface area contributed by atoms with Gasteiger partial charge in [0.25, 0.3) is 0 Å². The Balaban J connectivity index is 0.000000199. The van der Waals surface area contributed by atoms with E-state index in [9.17, 15) is 13.2 Å². The fourth-order valence-corrected chi connectivity index (χ4v) is 2.45. The summed E-state index contributed by atoms with van der Waals surface area (Å²) in [6.45, 7) is 1.94. The summed E-state index contributed by atoms with van der Waals surface area (Å²) in [6.07, 6.45) is 1.31. The maximum atomic E-state index is 10.6. The number of hydrogen-bond donors (Lipinski definition) is 2. The molecule has 2 aliphatic rings. The highest BCUT2D eigenvalue weighted by atomic mass is 19.4. The van der Waals surface area contributed by atoms with E-state index in [4.69, 9.17) is 14.6 Å². The quantitative estimate of drug-likeness (QED) is 0.869. The maximum Gasteiger partial charge on any atom is 0.490 e. The van der Waals surface area contributed by atoms with E-state index < -0.39 is 12.1 Å². The van der Waals surface area contributed by atoms with Gasteiger partial charge in [-0.3, -0.25) is 4.68 Å². The van der Waals surface area contributed by atoms with Gasteiger partial charge in [-0.2, -0.15) is 18.3 Å². The van der Waals surface area contributed by atoms with Gasteiger partial charge < -0.3 is 15.2 Å². The number of ether oxygens (including phenoxy) is 1. The molecule has 0 bridgehead atoms. The van der Waals surface area contributed by atoms with E-state index in [1.807, 2.05) is 24.1 Å². The number of carboxylic acids is 1. The van der Waals surface area contributed by atoms with Crippen LogP contribution in [0.4, 0.5) is 18.9 Å². The molecule has 1 aromatic rings. The number of rotatable bonds is 2. The highest BCUT2D eigenvalue weighted by Gasteiger charge is 2.49. The fraction of sp³-hybridized carbons (Fsp3) is 0.667. The second-order valence-corrected chi connectivity index (χ2v) is 5.45. The SMILES string of the molecule is Cn1cc(NC2CC3(COC3)C2)cn1.O=C(O)C(F)(F)F. The minimum absolute atomic E-state index is 0.542. The molecule has 3 rings (SSSR count). The molecule has 1 saturated carbocycles. The molecular formula is C12H16F3N3O3. The molecule has 1 aliphatic heterocycles. The molecule has 6 nitrogen and oxygen atoms in total. The summed E-state index contributed by atoms with van der Waals surface area (Å²) in [4.78, 5) is 8.90. The number of carbonyl (C=O) groups is 1. The lowest BCUT2D eigenvalue weighted by atomic mass is 9.64. The molecule has 1 spiro atoms. The number of hydrogen-bond acceptors (Lipinski definition) is 4. The number of aromatic nitrogens is 2. The monoisotopic (exact) mass is 307 g/mol. The third kappa shape index (κ3) is 3.87. The highest BCUT2D eigenvalue weighted by Crippen LogP contribution is 2.47. The van der Waals surface area contributed by atoms with Crippen LogP contribution >= 0.6 is 0 Å². The van der Waals surface area contributed by atoms with E-state index in [-0.39, 0.29) is 0 Å². The molecule has 0 unspecified atom stereocenters. The van der Waals surface area contributed by atoms with Crippen LogP contribution < -0.4 is 5.32 Å². The lowest BCUT2D eigenvalue weighted by molar-refractivity contribution is -0.192. The van der Waals surface area contributed by atoms with Crippen LogP contribution in [0.25, 0.3) is 0 Å². The summed E-state index contributed by atoms with van der Waals surface area (Å²) in [6, 6.07) is 0.628. The van der Waals surface area contributed by atoms with Gasteiger partial charge in [-0.15, -0.1) is 0 Å². The third-order valence-corrected chi connectivity index (χ3v) is 3.49. The van der Waals surface area contributed by atoms with Crippen LogP contribution in [0.5, 0.6) is 0 Å². The standard InChI is InChI=1S/C10H15N3O.C2HF3O2/c1-13-5-9(4-11-13)12-8-2-10(3-8)6-14-7-10;3-2(4,5)1(6)7/h4-5,8,12H,2-3,6-7H2,1H3;(H,6,7). The molecule has 21 heavy (non-hydrogen) atoms. The van der Waals surface area contributed by atoms with Crippen LogP contribution in [0.3, 0.4) is 0 Å². The second kappa shape index (κ2) is 5.55. The number of aliphatic carboxylic acids is 1. The van der Waals surface area contributed by atoms with Gasteiger partial charge in [-0.25, -0.2) is 4.79 Å². The summed E-state index contributed by atoms with van der Waals surface area (Å²) in [5.74, 6) is -2.76. The molecular weight excluding hydrogens is 291 g/mol. The van der Waals surface area contributed by atoms with Crippen molar-refractivity contribution in [2.45, 2.75) is 25.1 Å². The number of alkyl halides is 3. The molecule has 2 heterocycles. The topological polar surface area (TPSA) is 76.4 Å². The first kappa shape index (κ1) is 15.6. The number of anilines is 1. The van der Waals surface area contributed by atoms with Crippen molar-refractivity contribution in [1.29, 1.82) is 0 Å². The number of aryl methyl sites for hydroxylation is 1. The molecule has 0 radical (unpaired) electrons.